The molecule has 0 aliphatic carbocycles. The Bertz CT molecular complexity index is 457. The van der Waals surface area contributed by atoms with E-state index >= 15 is 0 Å². The molecule has 0 atom stereocenters. The Morgan fingerprint density at radius 1 is 1.17 bits per heavy atom. The van der Waals surface area contributed by atoms with Gasteiger partial charge in [0.2, 0.25) is 0 Å². The summed E-state index contributed by atoms with van der Waals surface area (Å²) in [6.07, 6.45) is 2.64. The van der Waals surface area contributed by atoms with Crippen molar-refractivity contribution in [1.82, 2.24) is 0 Å². The number of aliphatic hydroxyl groups excluding tert-OH is 1. The average Bonchev–Trinajstić information content (AvgIpc) is 2.39. The van der Waals surface area contributed by atoms with E-state index in [0.29, 0.717) is 10.6 Å². The summed E-state index contributed by atoms with van der Waals surface area (Å²) in [5.74, 6) is 0.107. The molecule has 2 N–H and O–H groups in total. The molecule has 0 aliphatic heterocycles. The molecule has 0 heterocycles. The fourth-order valence-corrected chi connectivity index (χ4v) is 2.75. The molecule has 18 heavy (non-hydrogen) atoms. The van der Waals surface area contributed by atoms with Crippen molar-refractivity contribution in [3.8, 4) is 0 Å². The van der Waals surface area contributed by atoms with Crippen molar-refractivity contribution < 1.29 is 13.5 Å². The van der Waals surface area contributed by atoms with Crippen molar-refractivity contribution in [1.29, 1.82) is 0 Å². The van der Waals surface area contributed by atoms with Gasteiger partial charge in [0.15, 0.2) is 9.84 Å². The van der Waals surface area contributed by atoms with Crippen LogP contribution in [-0.2, 0) is 9.84 Å². The van der Waals surface area contributed by atoms with Crippen molar-refractivity contribution in [2.45, 2.75) is 31.1 Å². The number of unbranched alkanes of at least 4 members (excludes halogenated alkanes) is 2. The number of hydrogen-bond acceptors (Lipinski definition) is 4. The smallest absolute Gasteiger partial charge is 0.180 e. The number of aliphatic hydroxyl groups is 1. The molecule has 0 saturated carbocycles. The molecule has 4 nitrogen and oxygen atoms in total. The van der Waals surface area contributed by atoms with Crippen molar-refractivity contribution >= 4 is 15.5 Å². The zero-order chi connectivity index (χ0) is 13.4. The summed E-state index contributed by atoms with van der Waals surface area (Å²) in [6, 6.07) is 6.98. The minimum Gasteiger partial charge on any atom is -0.396 e. The van der Waals surface area contributed by atoms with E-state index < -0.39 is 9.84 Å². The van der Waals surface area contributed by atoms with Crippen LogP contribution in [0.15, 0.2) is 29.2 Å². The van der Waals surface area contributed by atoms with E-state index in [9.17, 15) is 8.42 Å². The van der Waals surface area contributed by atoms with Gasteiger partial charge in [0.1, 0.15) is 0 Å². The summed E-state index contributed by atoms with van der Waals surface area (Å²) in [6.45, 7) is 2.57. The summed E-state index contributed by atoms with van der Waals surface area (Å²) in [4.78, 5) is 0.370. The molecular weight excluding hydrogens is 250 g/mol. The third kappa shape index (κ3) is 4.31. The average molecular weight is 271 g/mol. The monoisotopic (exact) mass is 271 g/mol. The summed E-state index contributed by atoms with van der Waals surface area (Å²) in [5, 5.41) is 11.8. The third-order valence-electron chi connectivity index (χ3n) is 2.75. The Hall–Kier alpha value is -1.07. The lowest BCUT2D eigenvalue weighted by Crippen LogP contribution is -2.10. The van der Waals surface area contributed by atoms with Gasteiger partial charge in [-0.3, -0.25) is 0 Å². The van der Waals surface area contributed by atoms with Gasteiger partial charge in [-0.1, -0.05) is 19.1 Å². The first kappa shape index (κ1) is 15.0. The first-order valence-corrected chi connectivity index (χ1v) is 7.93. The Morgan fingerprint density at radius 2 is 1.89 bits per heavy atom. The van der Waals surface area contributed by atoms with E-state index in [1.54, 1.807) is 25.1 Å². The second kappa shape index (κ2) is 7.38. The highest BCUT2D eigenvalue weighted by Gasteiger charge is 2.15. The maximum Gasteiger partial charge on any atom is 0.180 e. The van der Waals surface area contributed by atoms with Crippen molar-refractivity contribution in [2.75, 3.05) is 24.2 Å². The zero-order valence-electron chi connectivity index (χ0n) is 10.7. The quantitative estimate of drug-likeness (QED) is 0.710. The Labute approximate surface area is 109 Å². The van der Waals surface area contributed by atoms with Gasteiger partial charge in [-0.2, -0.15) is 0 Å². The molecule has 1 aromatic rings. The van der Waals surface area contributed by atoms with Gasteiger partial charge in [-0.25, -0.2) is 8.42 Å². The van der Waals surface area contributed by atoms with Gasteiger partial charge in [-0.15, -0.1) is 0 Å². The van der Waals surface area contributed by atoms with Crippen molar-refractivity contribution in [2.24, 2.45) is 0 Å². The van der Waals surface area contributed by atoms with Crippen LogP contribution in [-0.4, -0.2) is 32.4 Å². The molecule has 0 unspecified atom stereocenters. The van der Waals surface area contributed by atoms with Gasteiger partial charge < -0.3 is 10.4 Å². The third-order valence-corrected chi connectivity index (χ3v) is 4.54. The summed E-state index contributed by atoms with van der Waals surface area (Å²) in [7, 11) is -3.18. The topological polar surface area (TPSA) is 66.4 Å². The van der Waals surface area contributed by atoms with Gasteiger partial charge in [0.05, 0.1) is 16.3 Å². The molecule has 1 aromatic carbocycles. The maximum atomic E-state index is 11.9. The summed E-state index contributed by atoms with van der Waals surface area (Å²) >= 11 is 0. The standard InChI is InChI=1S/C13H21NO3S/c1-2-18(16,17)13-9-5-4-8-12(13)14-10-6-3-7-11-15/h4-5,8-9,14-15H,2-3,6-7,10-11H2,1H3. The van der Waals surface area contributed by atoms with E-state index in [-0.39, 0.29) is 12.4 Å². The van der Waals surface area contributed by atoms with Crippen LogP contribution in [0.4, 0.5) is 5.69 Å². The van der Waals surface area contributed by atoms with Crippen LogP contribution in [0.1, 0.15) is 26.2 Å². The fraction of sp³-hybridized carbons (Fsp3) is 0.538. The molecule has 0 amide bonds. The molecule has 0 fully saturated rings. The maximum absolute atomic E-state index is 11.9. The summed E-state index contributed by atoms with van der Waals surface area (Å²) < 4.78 is 23.8. The van der Waals surface area contributed by atoms with Gasteiger partial charge in [-0.05, 0) is 31.4 Å². The second-order valence-electron chi connectivity index (χ2n) is 4.11. The number of anilines is 1. The highest BCUT2D eigenvalue weighted by atomic mass is 32.2. The normalized spacial score (nSPS) is 11.4. The first-order chi connectivity index (χ1) is 8.61. The molecule has 0 saturated heterocycles. The first-order valence-electron chi connectivity index (χ1n) is 6.28. The van der Waals surface area contributed by atoms with Crippen LogP contribution < -0.4 is 5.32 Å². The van der Waals surface area contributed by atoms with E-state index in [4.69, 9.17) is 5.11 Å². The van der Waals surface area contributed by atoms with Gasteiger partial charge in [0, 0.05) is 13.2 Å². The number of sulfone groups is 1. The van der Waals surface area contributed by atoms with Crippen LogP contribution >= 0.6 is 0 Å². The van der Waals surface area contributed by atoms with E-state index in [2.05, 4.69) is 5.32 Å². The highest BCUT2D eigenvalue weighted by molar-refractivity contribution is 7.91. The predicted octanol–water partition coefficient (Wildman–Crippen LogP) is 2.05. The number of hydrogen-bond donors (Lipinski definition) is 2. The molecule has 0 spiro atoms. The van der Waals surface area contributed by atoms with Crippen molar-refractivity contribution in [3.05, 3.63) is 24.3 Å². The Morgan fingerprint density at radius 3 is 2.56 bits per heavy atom. The second-order valence-corrected chi connectivity index (χ2v) is 6.36. The minimum absolute atomic E-state index is 0.107. The Kier molecular flexibility index (Phi) is 6.15. The zero-order valence-corrected chi connectivity index (χ0v) is 11.5. The number of rotatable bonds is 8. The largest absolute Gasteiger partial charge is 0.396 e. The number of nitrogens with one attached hydrogen (secondary N) is 1. The fourth-order valence-electron chi connectivity index (χ4n) is 1.68. The lowest BCUT2D eigenvalue weighted by atomic mass is 10.2. The molecular formula is C13H21NO3S. The van der Waals surface area contributed by atoms with Crippen LogP contribution in [0, 0.1) is 0 Å². The predicted molar refractivity (Wildman–Crippen MR) is 73.6 cm³/mol. The van der Waals surface area contributed by atoms with Crippen LogP contribution in [0.2, 0.25) is 0 Å². The molecule has 1 rings (SSSR count). The highest BCUT2D eigenvalue weighted by Crippen LogP contribution is 2.21. The van der Waals surface area contributed by atoms with E-state index in [0.717, 1.165) is 25.8 Å². The SMILES string of the molecule is CCS(=O)(=O)c1ccccc1NCCCCCO. The Balaban J connectivity index is 2.66. The molecule has 0 aromatic heterocycles. The molecule has 0 bridgehead atoms. The van der Waals surface area contributed by atoms with Crippen LogP contribution in [0.25, 0.3) is 0 Å². The lowest BCUT2D eigenvalue weighted by Gasteiger charge is -2.11. The van der Waals surface area contributed by atoms with E-state index in [1.807, 2.05) is 6.07 Å². The summed E-state index contributed by atoms with van der Waals surface area (Å²) in [5.41, 5.74) is 0.670. The number of para-hydroxylation sites is 1. The molecule has 0 radical (unpaired) electrons. The van der Waals surface area contributed by atoms with Crippen LogP contribution in [0.5, 0.6) is 0 Å². The van der Waals surface area contributed by atoms with E-state index in [1.165, 1.54) is 0 Å². The van der Waals surface area contributed by atoms with Crippen LogP contribution in [0.3, 0.4) is 0 Å². The minimum atomic E-state index is -3.18. The van der Waals surface area contributed by atoms with Crippen molar-refractivity contribution in [3.63, 3.8) is 0 Å². The molecule has 0 aliphatic rings. The molecule has 5 heteroatoms. The molecule has 102 valence electrons. The van der Waals surface area contributed by atoms with Gasteiger partial charge >= 0.3 is 0 Å². The number of benzene rings is 1. The van der Waals surface area contributed by atoms with Gasteiger partial charge in [0.25, 0.3) is 0 Å². The lowest BCUT2D eigenvalue weighted by molar-refractivity contribution is 0.283.